The number of rotatable bonds is 1. The summed E-state index contributed by atoms with van der Waals surface area (Å²) in [7, 11) is 0. The van der Waals surface area contributed by atoms with Gasteiger partial charge in [0.25, 0.3) is 5.89 Å². The normalized spacial score (nSPS) is 14.6. The van der Waals surface area contributed by atoms with Gasteiger partial charge in [0.05, 0.1) is 4.88 Å². The Hall–Kier alpha value is -1.36. The van der Waals surface area contributed by atoms with Gasteiger partial charge >= 0.3 is 5.76 Å². The van der Waals surface area contributed by atoms with Crippen molar-refractivity contribution in [1.29, 1.82) is 0 Å². The van der Waals surface area contributed by atoms with Gasteiger partial charge < -0.3 is 4.42 Å². The van der Waals surface area contributed by atoms with Gasteiger partial charge in [0.15, 0.2) is 0 Å². The molecule has 2 heterocycles. The highest BCUT2D eigenvalue weighted by molar-refractivity contribution is 7.15. The molecule has 4 nitrogen and oxygen atoms in total. The first-order valence-electron chi connectivity index (χ1n) is 4.50. The van der Waals surface area contributed by atoms with Crippen LogP contribution in [0.15, 0.2) is 15.3 Å². The van der Waals surface area contributed by atoms with Crippen LogP contribution in [0.3, 0.4) is 0 Å². The number of fused-ring (bicyclic) bond motifs is 1. The van der Waals surface area contributed by atoms with Crippen molar-refractivity contribution < 1.29 is 4.42 Å². The summed E-state index contributed by atoms with van der Waals surface area (Å²) in [6.45, 7) is 0. The second kappa shape index (κ2) is 2.81. The van der Waals surface area contributed by atoms with E-state index in [9.17, 15) is 4.79 Å². The molecule has 2 aromatic heterocycles. The predicted octanol–water partition coefficient (Wildman–Crippen LogP) is 1.58. The molecule has 0 amide bonds. The molecule has 0 fully saturated rings. The lowest BCUT2D eigenvalue weighted by Gasteiger charge is -1.86. The van der Waals surface area contributed by atoms with Crippen LogP contribution >= 0.6 is 11.3 Å². The molecule has 0 aromatic carbocycles. The van der Waals surface area contributed by atoms with E-state index in [0.717, 1.165) is 17.7 Å². The minimum Gasteiger partial charge on any atom is -0.387 e. The van der Waals surface area contributed by atoms with Crippen LogP contribution in [0.4, 0.5) is 0 Å². The van der Waals surface area contributed by atoms with Crippen LogP contribution in [-0.4, -0.2) is 10.2 Å². The monoisotopic (exact) mass is 208 g/mol. The molecule has 2 aromatic rings. The Morgan fingerprint density at radius 3 is 3.14 bits per heavy atom. The van der Waals surface area contributed by atoms with E-state index in [-0.39, 0.29) is 0 Å². The van der Waals surface area contributed by atoms with Crippen molar-refractivity contribution >= 4 is 11.3 Å². The van der Waals surface area contributed by atoms with Gasteiger partial charge in [0, 0.05) is 4.88 Å². The van der Waals surface area contributed by atoms with Crippen molar-refractivity contribution in [2.45, 2.75) is 19.3 Å². The first-order chi connectivity index (χ1) is 6.83. The Balaban J connectivity index is 2.09. The number of hydrogen-bond donors (Lipinski definition) is 1. The van der Waals surface area contributed by atoms with Crippen molar-refractivity contribution in [2.24, 2.45) is 0 Å². The molecular weight excluding hydrogens is 200 g/mol. The predicted molar refractivity (Wildman–Crippen MR) is 52.5 cm³/mol. The zero-order valence-electron chi connectivity index (χ0n) is 7.37. The lowest BCUT2D eigenvalue weighted by molar-refractivity contribution is 0.528. The lowest BCUT2D eigenvalue weighted by Crippen LogP contribution is -1.93. The standard InChI is InChI=1S/C9H8N2O2S/c12-9-11-10-8(13-9)7-4-5-2-1-3-6(5)14-7/h4H,1-3H2,(H,11,12). The van der Waals surface area contributed by atoms with Gasteiger partial charge in [0.2, 0.25) is 0 Å². The topological polar surface area (TPSA) is 58.9 Å². The highest BCUT2D eigenvalue weighted by Crippen LogP contribution is 2.35. The molecule has 3 rings (SSSR count). The molecule has 0 radical (unpaired) electrons. The van der Waals surface area contributed by atoms with E-state index < -0.39 is 5.76 Å². The van der Waals surface area contributed by atoms with E-state index in [4.69, 9.17) is 4.42 Å². The number of aryl methyl sites for hydroxylation is 2. The summed E-state index contributed by atoms with van der Waals surface area (Å²) >= 11 is 1.67. The maximum atomic E-state index is 10.8. The fraction of sp³-hybridized carbons (Fsp3) is 0.333. The summed E-state index contributed by atoms with van der Waals surface area (Å²) in [5.74, 6) is -0.0806. The third-order valence-corrected chi connectivity index (χ3v) is 3.62. The molecule has 5 heteroatoms. The van der Waals surface area contributed by atoms with Crippen LogP contribution in [0.5, 0.6) is 0 Å². The third kappa shape index (κ3) is 1.13. The maximum Gasteiger partial charge on any atom is 0.434 e. The fourth-order valence-corrected chi connectivity index (χ4v) is 2.95. The van der Waals surface area contributed by atoms with Gasteiger partial charge in [0.1, 0.15) is 0 Å². The first-order valence-corrected chi connectivity index (χ1v) is 5.32. The summed E-state index contributed by atoms with van der Waals surface area (Å²) in [5.41, 5.74) is 1.38. The van der Waals surface area contributed by atoms with Crippen molar-refractivity contribution in [3.05, 3.63) is 27.1 Å². The molecule has 0 atom stereocenters. The smallest absolute Gasteiger partial charge is 0.387 e. The summed E-state index contributed by atoms with van der Waals surface area (Å²) in [5, 5.41) is 6.07. The van der Waals surface area contributed by atoms with Crippen LogP contribution in [0.1, 0.15) is 16.9 Å². The molecule has 72 valence electrons. The van der Waals surface area contributed by atoms with Gasteiger partial charge in [-0.1, -0.05) is 0 Å². The van der Waals surface area contributed by atoms with Gasteiger partial charge in [-0.15, -0.1) is 16.4 Å². The zero-order valence-corrected chi connectivity index (χ0v) is 8.19. The fourth-order valence-electron chi connectivity index (χ4n) is 1.77. The van der Waals surface area contributed by atoms with Crippen molar-refractivity contribution in [1.82, 2.24) is 10.2 Å². The van der Waals surface area contributed by atoms with E-state index in [2.05, 4.69) is 16.3 Å². The Labute approximate surface area is 83.6 Å². The second-order valence-electron chi connectivity index (χ2n) is 3.33. The summed E-state index contributed by atoms with van der Waals surface area (Å²) in [6, 6.07) is 2.08. The molecule has 1 aliphatic rings. The third-order valence-electron chi connectivity index (χ3n) is 2.40. The molecule has 0 spiro atoms. The molecule has 1 aliphatic carbocycles. The molecule has 0 unspecified atom stereocenters. The summed E-state index contributed by atoms with van der Waals surface area (Å²) in [4.78, 5) is 13.1. The number of nitrogens with one attached hydrogen (secondary N) is 1. The van der Waals surface area contributed by atoms with Gasteiger partial charge in [-0.2, -0.15) is 0 Å². The van der Waals surface area contributed by atoms with Crippen molar-refractivity contribution in [3.63, 3.8) is 0 Å². The van der Waals surface area contributed by atoms with E-state index in [1.807, 2.05) is 0 Å². The van der Waals surface area contributed by atoms with E-state index in [1.165, 1.54) is 16.9 Å². The van der Waals surface area contributed by atoms with Crippen LogP contribution in [0.25, 0.3) is 10.8 Å². The highest BCUT2D eigenvalue weighted by Gasteiger charge is 2.17. The van der Waals surface area contributed by atoms with Crippen molar-refractivity contribution in [3.8, 4) is 10.8 Å². The summed E-state index contributed by atoms with van der Waals surface area (Å²) < 4.78 is 4.89. The minimum atomic E-state index is -0.492. The average molecular weight is 208 g/mol. The number of nitrogens with zero attached hydrogens (tertiary/aromatic N) is 1. The molecule has 14 heavy (non-hydrogen) atoms. The van der Waals surface area contributed by atoms with Gasteiger partial charge in [-0.05, 0) is 30.9 Å². The number of aromatic amines is 1. The Morgan fingerprint density at radius 2 is 2.43 bits per heavy atom. The van der Waals surface area contributed by atoms with Crippen LogP contribution < -0.4 is 5.76 Å². The Bertz CT molecular complexity index is 501. The average Bonchev–Trinajstić information content (AvgIpc) is 2.75. The minimum absolute atomic E-state index is 0.411. The number of hydrogen-bond acceptors (Lipinski definition) is 4. The Morgan fingerprint density at radius 1 is 1.50 bits per heavy atom. The number of H-pyrrole nitrogens is 1. The quantitative estimate of drug-likeness (QED) is 0.774. The Kier molecular flexibility index (Phi) is 1.61. The SMILES string of the molecule is O=c1[nH]nc(-c2cc3c(s2)CCC3)o1. The molecule has 0 saturated carbocycles. The number of aromatic nitrogens is 2. The van der Waals surface area contributed by atoms with Crippen molar-refractivity contribution in [2.75, 3.05) is 0 Å². The van der Waals surface area contributed by atoms with Gasteiger partial charge in [-0.25, -0.2) is 9.89 Å². The molecule has 1 N–H and O–H groups in total. The van der Waals surface area contributed by atoms with Gasteiger partial charge in [-0.3, -0.25) is 0 Å². The summed E-state index contributed by atoms with van der Waals surface area (Å²) in [6.07, 6.45) is 3.53. The molecule has 0 saturated heterocycles. The number of thiophene rings is 1. The van der Waals surface area contributed by atoms with Crippen LogP contribution in [0.2, 0.25) is 0 Å². The maximum absolute atomic E-state index is 10.8. The second-order valence-corrected chi connectivity index (χ2v) is 4.47. The largest absolute Gasteiger partial charge is 0.434 e. The lowest BCUT2D eigenvalue weighted by atomic mass is 10.2. The molecule has 0 bridgehead atoms. The van der Waals surface area contributed by atoms with E-state index in [1.54, 1.807) is 11.3 Å². The first kappa shape index (κ1) is 7.99. The zero-order chi connectivity index (χ0) is 9.54. The molecule has 0 aliphatic heterocycles. The van der Waals surface area contributed by atoms with E-state index in [0.29, 0.717) is 5.89 Å². The van der Waals surface area contributed by atoms with E-state index >= 15 is 0 Å². The molecular formula is C9H8N2O2S. The van der Waals surface area contributed by atoms with Crippen LogP contribution in [-0.2, 0) is 12.8 Å². The van der Waals surface area contributed by atoms with Crippen LogP contribution in [0, 0.1) is 0 Å². The highest BCUT2D eigenvalue weighted by atomic mass is 32.1.